The van der Waals surface area contributed by atoms with Gasteiger partial charge in [-0.05, 0) is 26.2 Å². The molecule has 5 heteroatoms. The zero-order chi connectivity index (χ0) is 13.9. The van der Waals surface area contributed by atoms with Crippen LogP contribution in [0.1, 0.15) is 55.9 Å². The third kappa shape index (κ3) is 2.53. The first-order chi connectivity index (χ1) is 9.79. The Morgan fingerprint density at radius 1 is 1.40 bits per heavy atom. The quantitative estimate of drug-likeness (QED) is 0.922. The number of carbonyl (C=O) groups is 1. The van der Waals surface area contributed by atoms with Crippen LogP contribution in [0.4, 0.5) is 5.95 Å². The molecule has 20 heavy (non-hydrogen) atoms. The van der Waals surface area contributed by atoms with Gasteiger partial charge in [-0.15, -0.1) is 0 Å². The van der Waals surface area contributed by atoms with Crippen LogP contribution in [0.25, 0.3) is 0 Å². The van der Waals surface area contributed by atoms with Gasteiger partial charge in [-0.25, -0.2) is 4.98 Å². The van der Waals surface area contributed by atoms with Gasteiger partial charge >= 0.3 is 0 Å². The van der Waals surface area contributed by atoms with Crippen LogP contribution in [0.2, 0.25) is 0 Å². The number of hydrogen-bond donors (Lipinski definition) is 1. The molecule has 1 N–H and O–H groups in total. The minimum Gasteiger partial charge on any atom is -0.356 e. The predicted octanol–water partition coefficient (Wildman–Crippen LogP) is 2.49. The Bertz CT molecular complexity index is 453. The Hall–Kier alpha value is -1.52. The van der Waals surface area contributed by atoms with Crippen LogP contribution in [-0.4, -0.2) is 39.5 Å². The number of nitrogens with zero attached hydrogens (tertiary/aromatic N) is 3. The maximum Gasteiger partial charge on any atom is 0.274 e. The second kappa shape index (κ2) is 5.85. The van der Waals surface area contributed by atoms with E-state index >= 15 is 0 Å². The van der Waals surface area contributed by atoms with E-state index in [-0.39, 0.29) is 5.91 Å². The molecule has 0 spiro atoms. The van der Waals surface area contributed by atoms with Crippen molar-refractivity contribution in [2.75, 3.05) is 18.4 Å². The molecule has 0 unspecified atom stereocenters. The average Bonchev–Trinajstić information content (AvgIpc) is 2.93. The number of fused-ring (bicyclic) bond motifs is 1. The molecule has 0 aromatic carbocycles. The SMILES string of the molecule is CCN(C(=O)c1cn2c(n1)NCCC2)C1CCCCC1. The van der Waals surface area contributed by atoms with E-state index in [0.717, 1.165) is 44.8 Å². The van der Waals surface area contributed by atoms with Crippen molar-refractivity contribution in [3.63, 3.8) is 0 Å². The summed E-state index contributed by atoms with van der Waals surface area (Å²) in [5, 5.41) is 3.26. The fourth-order valence-corrected chi connectivity index (χ4v) is 3.39. The van der Waals surface area contributed by atoms with Crippen LogP contribution in [0.3, 0.4) is 0 Å². The van der Waals surface area contributed by atoms with Crippen molar-refractivity contribution in [3.05, 3.63) is 11.9 Å². The summed E-state index contributed by atoms with van der Waals surface area (Å²) in [5.74, 6) is 0.947. The molecular weight excluding hydrogens is 252 g/mol. The van der Waals surface area contributed by atoms with Crippen molar-refractivity contribution in [1.82, 2.24) is 14.5 Å². The summed E-state index contributed by atoms with van der Waals surface area (Å²) < 4.78 is 2.06. The molecule has 110 valence electrons. The molecule has 1 saturated carbocycles. The van der Waals surface area contributed by atoms with E-state index in [0.29, 0.717) is 11.7 Å². The van der Waals surface area contributed by atoms with Crippen molar-refractivity contribution < 1.29 is 4.79 Å². The Morgan fingerprint density at radius 2 is 2.20 bits per heavy atom. The molecule has 5 nitrogen and oxygen atoms in total. The molecular formula is C15H24N4O. The molecule has 2 aliphatic rings. The standard InChI is InChI=1S/C15H24N4O/c1-2-19(12-7-4-3-5-8-12)14(20)13-11-18-10-6-9-16-15(18)17-13/h11-12H,2-10H2,1H3,(H,16,17). The van der Waals surface area contributed by atoms with E-state index < -0.39 is 0 Å². The van der Waals surface area contributed by atoms with Crippen molar-refractivity contribution in [3.8, 4) is 0 Å². The molecule has 0 saturated heterocycles. The second-order valence-corrected chi connectivity index (χ2v) is 5.81. The van der Waals surface area contributed by atoms with Crippen LogP contribution >= 0.6 is 0 Å². The third-order valence-corrected chi connectivity index (χ3v) is 4.47. The number of rotatable bonds is 3. The summed E-state index contributed by atoms with van der Waals surface area (Å²) in [4.78, 5) is 19.2. The van der Waals surface area contributed by atoms with Crippen molar-refractivity contribution in [1.29, 1.82) is 0 Å². The first-order valence-electron chi connectivity index (χ1n) is 7.91. The zero-order valence-electron chi connectivity index (χ0n) is 12.3. The molecule has 3 rings (SSSR count). The number of nitrogens with one attached hydrogen (secondary N) is 1. The molecule has 1 aromatic heterocycles. The second-order valence-electron chi connectivity index (χ2n) is 5.81. The molecule has 0 bridgehead atoms. The minimum absolute atomic E-state index is 0.100. The largest absolute Gasteiger partial charge is 0.356 e. The molecule has 1 aromatic rings. The highest BCUT2D eigenvalue weighted by atomic mass is 16.2. The number of imidazole rings is 1. The fraction of sp³-hybridized carbons (Fsp3) is 0.733. The highest BCUT2D eigenvalue weighted by Gasteiger charge is 2.27. The van der Waals surface area contributed by atoms with E-state index in [1.165, 1.54) is 19.3 Å². The van der Waals surface area contributed by atoms with Gasteiger partial charge in [0.15, 0.2) is 0 Å². The average molecular weight is 276 g/mol. The number of hydrogen-bond acceptors (Lipinski definition) is 3. The topological polar surface area (TPSA) is 50.2 Å². The molecule has 1 amide bonds. The van der Waals surface area contributed by atoms with E-state index in [1.54, 1.807) is 0 Å². The van der Waals surface area contributed by atoms with Gasteiger partial charge in [0.1, 0.15) is 5.69 Å². The van der Waals surface area contributed by atoms with Crippen LogP contribution in [0, 0.1) is 0 Å². The lowest BCUT2D eigenvalue weighted by Crippen LogP contribution is -2.41. The van der Waals surface area contributed by atoms with Crippen LogP contribution in [0.5, 0.6) is 0 Å². The Balaban J connectivity index is 1.77. The minimum atomic E-state index is 0.100. The normalized spacial score (nSPS) is 19.2. The summed E-state index contributed by atoms with van der Waals surface area (Å²) in [7, 11) is 0. The van der Waals surface area contributed by atoms with Gasteiger partial charge in [-0.2, -0.15) is 0 Å². The van der Waals surface area contributed by atoms with Gasteiger partial charge in [0, 0.05) is 31.9 Å². The maximum absolute atomic E-state index is 12.7. The number of amides is 1. The van der Waals surface area contributed by atoms with Crippen LogP contribution in [-0.2, 0) is 6.54 Å². The Labute approximate surface area is 120 Å². The van der Waals surface area contributed by atoms with Gasteiger partial charge in [0.2, 0.25) is 5.95 Å². The predicted molar refractivity (Wildman–Crippen MR) is 78.9 cm³/mol. The van der Waals surface area contributed by atoms with Gasteiger partial charge in [-0.1, -0.05) is 19.3 Å². The maximum atomic E-state index is 12.7. The van der Waals surface area contributed by atoms with E-state index in [9.17, 15) is 4.79 Å². The van der Waals surface area contributed by atoms with Crippen LogP contribution in [0.15, 0.2) is 6.20 Å². The molecule has 0 atom stereocenters. The van der Waals surface area contributed by atoms with E-state index in [4.69, 9.17) is 0 Å². The Morgan fingerprint density at radius 3 is 2.90 bits per heavy atom. The number of aromatic nitrogens is 2. The third-order valence-electron chi connectivity index (χ3n) is 4.47. The van der Waals surface area contributed by atoms with Gasteiger partial charge in [-0.3, -0.25) is 4.79 Å². The Kier molecular flexibility index (Phi) is 3.94. The lowest BCUT2D eigenvalue weighted by Gasteiger charge is -2.33. The van der Waals surface area contributed by atoms with Gasteiger partial charge < -0.3 is 14.8 Å². The van der Waals surface area contributed by atoms with Crippen molar-refractivity contribution in [2.24, 2.45) is 0 Å². The summed E-state index contributed by atoms with van der Waals surface area (Å²) in [5.41, 5.74) is 0.599. The number of carbonyl (C=O) groups excluding carboxylic acids is 1. The van der Waals surface area contributed by atoms with Crippen LogP contribution < -0.4 is 5.32 Å². The van der Waals surface area contributed by atoms with Crippen molar-refractivity contribution in [2.45, 2.75) is 58.0 Å². The molecule has 2 heterocycles. The first kappa shape index (κ1) is 13.5. The lowest BCUT2D eigenvalue weighted by atomic mass is 9.94. The monoisotopic (exact) mass is 276 g/mol. The molecule has 1 aliphatic carbocycles. The molecule has 1 fully saturated rings. The molecule has 0 radical (unpaired) electrons. The van der Waals surface area contributed by atoms with Gasteiger partial charge in [0.25, 0.3) is 5.91 Å². The van der Waals surface area contributed by atoms with E-state index in [2.05, 4.69) is 21.8 Å². The summed E-state index contributed by atoms with van der Waals surface area (Å²) >= 11 is 0. The van der Waals surface area contributed by atoms with Crippen molar-refractivity contribution >= 4 is 11.9 Å². The first-order valence-corrected chi connectivity index (χ1v) is 7.91. The summed E-state index contributed by atoms with van der Waals surface area (Å²) in [6.07, 6.45) is 9.10. The summed E-state index contributed by atoms with van der Waals surface area (Å²) in [6, 6.07) is 0.410. The smallest absolute Gasteiger partial charge is 0.274 e. The zero-order valence-corrected chi connectivity index (χ0v) is 12.3. The fourth-order valence-electron chi connectivity index (χ4n) is 3.39. The van der Waals surface area contributed by atoms with E-state index in [1.807, 2.05) is 11.1 Å². The number of aryl methyl sites for hydroxylation is 1. The number of anilines is 1. The highest BCUT2D eigenvalue weighted by molar-refractivity contribution is 5.92. The summed E-state index contributed by atoms with van der Waals surface area (Å²) in [6.45, 7) is 4.75. The lowest BCUT2D eigenvalue weighted by molar-refractivity contribution is 0.0642. The molecule has 1 aliphatic heterocycles. The highest BCUT2D eigenvalue weighted by Crippen LogP contribution is 2.24. The van der Waals surface area contributed by atoms with Gasteiger partial charge in [0.05, 0.1) is 0 Å².